The van der Waals surface area contributed by atoms with Gasteiger partial charge in [0.05, 0.1) is 0 Å². The van der Waals surface area contributed by atoms with Crippen LogP contribution in [0.4, 0.5) is 0 Å². The molecule has 0 radical (unpaired) electrons. The van der Waals surface area contributed by atoms with Crippen molar-refractivity contribution in [2.75, 3.05) is 19.6 Å². The third-order valence-corrected chi connectivity index (χ3v) is 5.17. The monoisotopic (exact) mass is 374 g/mol. The Hall–Kier alpha value is -3.05. The molecular formula is C23H26N4O. The molecule has 4 rings (SSSR count). The van der Waals surface area contributed by atoms with Gasteiger partial charge in [0.25, 0.3) is 0 Å². The van der Waals surface area contributed by atoms with E-state index in [1.807, 2.05) is 24.4 Å². The zero-order valence-electron chi connectivity index (χ0n) is 15.9. The molecule has 2 aromatic heterocycles. The first kappa shape index (κ1) is 18.3. The van der Waals surface area contributed by atoms with E-state index in [-0.39, 0.29) is 5.91 Å². The highest BCUT2D eigenvalue weighted by Crippen LogP contribution is 2.18. The van der Waals surface area contributed by atoms with Crippen molar-refractivity contribution >= 4 is 27.7 Å². The molecule has 2 aromatic carbocycles. The van der Waals surface area contributed by atoms with Crippen LogP contribution in [0, 0.1) is 0 Å². The van der Waals surface area contributed by atoms with Crippen LogP contribution in [-0.4, -0.2) is 35.5 Å². The molecule has 0 unspecified atom stereocenters. The van der Waals surface area contributed by atoms with Crippen LogP contribution in [0.1, 0.15) is 17.5 Å². The minimum absolute atomic E-state index is 0.0967. The van der Waals surface area contributed by atoms with Crippen LogP contribution in [0.3, 0.4) is 0 Å². The lowest BCUT2D eigenvalue weighted by molar-refractivity contribution is -0.120. The maximum absolute atomic E-state index is 12.0. The molecule has 0 bridgehead atoms. The van der Waals surface area contributed by atoms with Crippen LogP contribution in [-0.2, 0) is 17.6 Å². The number of fused-ring (bicyclic) bond motifs is 2. The fraction of sp³-hybridized carbons (Fsp3) is 0.261. The van der Waals surface area contributed by atoms with Crippen LogP contribution in [0.25, 0.3) is 21.8 Å². The first-order valence-corrected chi connectivity index (χ1v) is 9.88. The Labute approximate surface area is 164 Å². The number of hydrogen-bond acceptors (Lipinski definition) is 2. The quantitative estimate of drug-likeness (QED) is 0.339. The number of benzene rings is 2. The van der Waals surface area contributed by atoms with Crippen molar-refractivity contribution in [1.82, 2.24) is 20.6 Å². The summed E-state index contributed by atoms with van der Waals surface area (Å²) in [6.07, 6.45) is 6.39. The zero-order chi connectivity index (χ0) is 19.2. The molecule has 0 atom stereocenters. The number of H-pyrrole nitrogens is 2. The molecule has 28 heavy (non-hydrogen) atoms. The highest BCUT2D eigenvalue weighted by molar-refractivity contribution is 5.83. The number of amides is 1. The molecule has 0 saturated heterocycles. The van der Waals surface area contributed by atoms with Crippen molar-refractivity contribution in [2.45, 2.75) is 19.3 Å². The topological polar surface area (TPSA) is 72.7 Å². The van der Waals surface area contributed by atoms with Gasteiger partial charge < -0.3 is 20.6 Å². The normalized spacial score (nSPS) is 11.3. The summed E-state index contributed by atoms with van der Waals surface area (Å²) in [6.45, 7) is 2.22. The third-order valence-electron chi connectivity index (χ3n) is 5.17. The van der Waals surface area contributed by atoms with E-state index >= 15 is 0 Å². The van der Waals surface area contributed by atoms with Gasteiger partial charge in [0.2, 0.25) is 5.91 Å². The lowest BCUT2D eigenvalue weighted by Gasteiger charge is -2.06. The number of para-hydroxylation sites is 2. The second-order valence-electron chi connectivity index (χ2n) is 7.07. The minimum atomic E-state index is 0.0967. The Morgan fingerprint density at radius 2 is 1.32 bits per heavy atom. The Morgan fingerprint density at radius 3 is 1.96 bits per heavy atom. The van der Waals surface area contributed by atoms with Crippen molar-refractivity contribution in [3.63, 3.8) is 0 Å². The summed E-state index contributed by atoms with van der Waals surface area (Å²) in [5.41, 5.74) is 4.87. The Bertz CT molecular complexity index is 1060. The summed E-state index contributed by atoms with van der Waals surface area (Å²) in [7, 11) is 0. The molecule has 0 aliphatic rings. The molecule has 2 heterocycles. The fourth-order valence-corrected chi connectivity index (χ4v) is 3.65. The van der Waals surface area contributed by atoms with Gasteiger partial charge in [0.15, 0.2) is 0 Å². The van der Waals surface area contributed by atoms with E-state index in [9.17, 15) is 4.79 Å². The number of carbonyl (C=O) groups is 1. The van der Waals surface area contributed by atoms with E-state index in [1.54, 1.807) is 0 Å². The van der Waals surface area contributed by atoms with Crippen molar-refractivity contribution < 1.29 is 4.79 Å². The standard InChI is InChI=1S/C23H26N4O/c28-23(25-14-10-18-16-27-22-8-4-2-6-20(18)22)11-13-24-12-9-17-15-26-21-7-3-1-5-19(17)21/h1-8,15-16,24,26-27H,9-14H2,(H,25,28). The van der Waals surface area contributed by atoms with Gasteiger partial charge in [-0.15, -0.1) is 0 Å². The highest BCUT2D eigenvalue weighted by Gasteiger charge is 2.05. The first-order valence-electron chi connectivity index (χ1n) is 9.88. The summed E-state index contributed by atoms with van der Waals surface area (Å²) in [5, 5.41) is 8.89. The minimum Gasteiger partial charge on any atom is -0.361 e. The third kappa shape index (κ3) is 4.26. The second kappa shape index (κ2) is 8.76. The van der Waals surface area contributed by atoms with Crippen LogP contribution in [0.15, 0.2) is 60.9 Å². The Kier molecular flexibility index (Phi) is 5.73. The van der Waals surface area contributed by atoms with Crippen LogP contribution in [0.2, 0.25) is 0 Å². The van der Waals surface area contributed by atoms with E-state index < -0.39 is 0 Å². The van der Waals surface area contributed by atoms with Gasteiger partial charge in [0.1, 0.15) is 0 Å². The maximum Gasteiger partial charge on any atom is 0.221 e. The molecule has 144 valence electrons. The summed E-state index contributed by atoms with van der Waals surface area (Å²) in [6, 6.07) is 16.6. The van der Waals surface area contributed by atoms with E-state index in [0.29, 0.717) is 19.5 Å². The average molecular weight is 374 g/mol. The van der Waals surface area contributed by atoms with Crippen molar-refractivity contribution in [1.29, 1.82) is 0 Å². The van der Waals surface area contributed by atoms with Gasteiger partial charge in [-0.05, 0) is 42.6 Å². The molecule has 0 fully saturated rings. The van der Waals surface area contributed by atoms with E-state index in [0.717, 1.165) is 24.9 Å². The van der Waals surface area contributed by atoms with Crippen molar-refractivity contribution in [3.8, 4) is 0 Å². The smallest absolute Gasteiger partial charge is 0.221 e. The van der Waals surface area contributed by atoms with Gasteiger partial charge in [-0.2, -0.15) is 0 Å². The largest absolute Gasteiger partial charge is 0.361 e. The predicted molar refractivity (Wildman–Crippen MR) is 115 cm³/mol. The van der Waals surface area contributed by atoms with Gasteiger partial charge in [-0.25, -0.2) is 0 Å². The summed E-state index contributed by atoms with van der Waals surface area (Å²) >= 11 is 0. The SMILES string of the molecule is O=C(CCNCCc1c[nH]c2ccccc12)NCCc1c[nH]c2ccccc12. The number of aromatic nitrogens is 2. The number of hydrogen-bond donors (Lipinski definition) is 4. The molecule has 5 nitrogen and oxygen atoms in total. The molecule has 4 aromatic rings. The lowest BCUT2D eigenvalue weighted by atomic mass is 10.1. The Morgan fingerprint density at radius 1 is 0.750 bits per heavy atom. The molecule has 0 aliphatic heterocycles. The van der Waals surface area contributed by atoms with Gasteiger partial charge in [0, 0.05) is 53.7 Å². The van der Waals surface area contributed by atoms with Gasteiger partial charge in [-0.3, -0.25) is 4.79 Å². The van der Waals surface area contributed by atoms with E-state index in [2.05, 4.69) is 57.1 Å². The van der Waals surface area contributed by atoms with Crippen molar-refractivity contribution in [2.24, 2.45) is 0 Å². The van der Waals surface area contributed by atoms with Gasteiger partial charge >= 0.3 is 0 Å². The average Bonchev–Trinajstić information content (AvgIpc) is 3.32. The molecule has 0 saturated carbocycles. The molecule has 5 heteroatoms. The highest BCUT2D eigenvalue weighted by atomic mass is 16.1. The van der Waals surface area contributed by atoms with Crippen LogP contribution >= 0.6 is 0 Å². The first-order chi connectivity index (χ1) is 13.8. The number of carbonyl (C=O) groups excluding carboxylic acids is 1. The zero-order valence-corrected chi connectivity index (χ0v) is 15.9. The fourth-order valence-electron chi connectivity index (χ4n) is 3.65. The summed E-state index contributed by atoms with van der Waals surface area (Å²) < 4.78 is 0. The van der Waals surface area contributed by atoms with E-state index in [4.69, 9.17) is 0 Å². The molecular weight excluding hydrogens is 348 g/mol. The van der Waals surface area contributed by atoms with Crippen molar-refractivity contribution in [3.05, 3.63) is 72.1 Å². The van der Waals surface area contributed by atoms with Crippen LogP contribution < -0.4 is 10.6 Å². The van der Waals surface area contributed by atoms with Gasteiger partial charge in [-0.1, -0.05) is 36.4 Å². The van der Waals surface area contributed by atoms with Crippen LogP contribution in [0.5, 0.6) is 0 Å². The van der Waals surface area contributed by atoms with E-state index in [1.165, 1.54) is 27.4 Å². The molecule has 0 aliphatic carbocycles. The summed E-state index contributed by atoms with van der Waals surface area (Å²) in [5.74, 6) is 0.0967. The second-order valence-corrected chi connectivity index (χ2v) is 7.07. The number of rotatable bonds is 9. The lowest BCUT2D eigenvalue weighted by Crippen LogP contribution is -2.29. The maximum atomic E-state index is 12.0. The summed E-state index contributed by atoms with van der Waals surface area (Å²) in [4.78, 5) is 18.6. The predicted octanol–water partition coefficient (Wildman–Crippen LogP) is 3.53. The Balaban J connectivity index is 1.13. The molecule has 1 amide bonds. The molecule has 4 N–H and O–H groups in total. The number of aromatic amines is 2. The molecule has 0 spiro atoms. The number of nitrogens with one attached hydrogen (secondary N) is 4.